The molecule has 0 amide bonds. The molecular weight excluding hydrogens is 274 g/mol. The third kappa shape index (κ3) is 2.99. The lowest BCUT2D eigenvalue weighted by Crippen LogP contribution is -2.20. The zero-order valence-electron chi connectivity index (χ0n) is 12.9. The number of likely N-dealkylation sites (N-methyl/N-ethyl adjacent to an activating group) is 1. The maximum atomic E-state index is 5.92. The summed E-state index contributed by atoms with van der Waals surface area (Å²) >= 11 is 5.92. The Bertz CT molecular complexity index is 570. The molecule has 2 heterocycles. The smallest absolute Gasteiger partial charge is 0.158 e. The summed E-state index contributed by atoms with van der Waals surface area (Å²) in [6, 6.07) is 0. The Balaban J connectivity index is 2.47. The highest BCUT2D eigenvalue weighted by Gasteiger charge is 2.18. The van der Waals surface area contributed by atoms with Gasteiger partial charge in [0.1, 0.15) is 11.3 Å². The molecule has 0 N–H and O–H groups in total. The number of nitrogens with zero attached hydrogens (tertiary/aromatic N) is 5. The van der Waals surface area contributed by atoms with Crippen molar-refractivity contribution in [1.29, 1.82) is 0 Å². The van der Waals surface area contributed by atoms with Gasteiger partial charge in [0.2, 0.25) is 0 Å². The highest BCUT2D eigenvalue weighted by atomic mass is 35.5. The van der Waals surface area contributed by atoms with Crippen LogP contribution in [0, 0.1) is 0 Å². The molecule has 0 saturated heterocycles. The van der Waals surface area contributed by atoms with Gasteiger partial charge in [0, 0.05) is 32.4 Å². The molecule has 0 aliphatic heterocycles. The number of fused-ring (bicyclic) bond motifs is 1. The van der Waals surface area contributed by atoms with Crippen LogP contribution in [0.15, 0.2) is 0 Å². The Morgan fingerprint density at radius 3 is 2.60 bits per heavy atom. The van der Waals surface area contributed by atoms with Gasteiger partial charge < -0.3 is 9.47 Å². The quantitative estimate of drug-likeness (QED) is 0.735. The summed E-state index contributed by atoms with van der Waals surface area (Å²) in [6.45, 7) is 4.07. The number of imidazole rings is 1. The molecule has 0 bridgehead atoms. The Hall–Kier alpha value is -1.07. The Morgan fingerprint density at radius 2 is 2.00 bits per heavy atom. The van der Waals surface area contributed by atoms with Crippen molar-refractivity contribution in [2.75, 3.05) is 26.5 Å². The lowest BCUT2D eigenvalue weighted by molar-refractivity contribution is 0.382. The number of halogens is 1. The van der Waals surface area contributed by atoms with Gasteiger partial charge in [0.25, 0.3) is 0 Å². The summed E-state index contributed by atoms with van der Waals surface area (Å²) in [5, 5.41) is 4.62. The van der Waals surface area contributed by atoms with E-state index in [4.69, 9.17) is 16.6 Å². The van der Waals surface area contributed by atoms with Crippen molar-refractivity contribution >= 4 is 22.8 Å². The second kappa shape index (κ2) is 6.59. The van der Waals surface area contributed by atoms with Gasteiger partial charge in [-0.25, -0.2) is 4.98 Å². The van der Waals surface area contributed by atoms with Gasteiger partial charge in [-0.2, -0.15) is 5.10 Å². The minimum Gasteiger partial charge on any atom is -0.312 e. The van der Waals surface area contributed by atoms with Gasteiger partial charge in [0.15, 0.2) is 5.65 Å². The van der Waals surface area contributed by atoms with E-state index < -0.39 is 0 Å². The van der Waals surface area contributed by atoms with E-state index in [-0.39, 0.29) is 0 Å². The number of hydrogen-bond acceptors (Lipinski definition) is 3. The van der Waals surface area contributed by atoms with Crippen LogP contribution in [0.5, 0.6) is 0 Å². The summed E-state index contributed by atoms with van der Waals surface area (Å²) < 4.78 is 4.23. The topological polar surface area (TPSA) is 38.9 Å². The number of hydrogen-bond donors (Lipinski definition) is 0. The van der Waals surface area contributed by atoms with Crippen LogP contribution >= 0.6 is 11.6 Å². The Labute approximate surface area is 125 Å². The van der Waals surface area contributed by atoms with Crippen molar-refractivity contribution in [1.82, 2.24) is 24.2 Å². The fourth-order valence-electron chi connectivity index (χ4n) is 2.50. The zero-order valence-corrected chi connectivity index (χ0v) is 13.6. The summed E-state index contributed by atoms with van der Waals surface area (Å²) in [4.78, 5) is 6.98. The maximum Gasteiger partial charge on any atom is 0.158 e. The van der Waals surface area contributed by atoms with Crippen LogP contribution in [0.3, 0.4) is 0 Å². The van der Waals surface area contributed by atoms with Crippen LogP contribution in [0.4, 0.5) is 0 Å². The van der Waals surface area contributed by atoms with Crippen LogP contribution in [-0.4, -0.2) is 50.8 Å². The molecule has 112 valence electrons. The fraction of sp³-hybridized carbons (Fsp3) is 0.714. The third-order valence-electron chi connectivity index (χ3n) is 3.45. The van der Waals surface area contributed by atoms with Gasteiger partial charge in [-0.3, -0.25) is 4.68 Å². The van der Waals surface area contributed by atoms with E-state index in [2.05, 4.69) is 35.6 Å². The van der Waals surface area contributed by atoms with Gasteiger partial charge in [-0.15, -0.1) is 11.6 Å². The summed E-state index contributed by atoms with van der Waals surface area (Å²) in [7, 11) is 6.17. The normalized spacial score (nSPS) is 11.9. The van der Waals surface area contributed by atoms with Crippen molar-refractivity contribution in [3.05, 3.63) is 11.5 Å². The number of alkyl halides is 1. The minimum atomic E-state index is 0.599. The first-order chi connectivity index (χ1) is 9.58. The standard InChI is InChI=1S/C14H24ClN5/c1-5-6-11-13-14(19(4)17-11)20(10-9-18(2)3)12(16-13)7-8-15/h5-10H2,1-4H3. The van der Waals surface area contributed by atoms with E-state index in [1.807, 2.05) is 11.7 Å². The molecule has 6 heteroatoms. The van der Waals surface area contributed by atoms with E-state index in [0.717, 1.165) is 55.0 Å². The highest BCUT2D eigenvalue weighted by Crippen LogP contribution is 2.21. The van der Waals surface area contributed by atoms with E-state index in [0.29, 0.717) is 5.88 Å². The number of rotatable bonds is 7. The maximum absolute atomic E-state index is 5.92. The van der Waals surface area contributed by atoms with Crippen LogP contribution in [0.25, 0.3) is 11.2 Å². The van der Waals surface area contributed by atoms with E-state index >= 15 is 0 Å². The van der Waals surface area contributed by atoms with Crippen molar-refractivity contribution in [2.24, 2.45) is 7.05 Å². The zero-order chi connectivity index (χ0) is 14.7. The molecule has 5 nitrogen and oxygen atoms in total. The van der Waals surface area contributed by atoms with Gasteiger partial charge in [-0.05, 0) is 20.5 Å². The first kappa shape index (κ1) is 15.3. The van der Waals surface area contributed by atoms with Crippen LogP contribution in [0.1, 0.15) is 24.9 Å². The largest absolute Gasteiger partial charge is 0.312 e. The Morgan fingerprint density at radius 1 is 1.25 bits per heavy atom. The fourth-order valence-corrected chi connectivity index (χ4v) is 2.67. The molecule has 0 aliphatic rings. The molecule has 2 aromatic rings. The van der Waals surface area contributed by atoms with Gasteiger partial charge in [0.05, 0.1) is 5.69 Å². The third-order valence-corrected chi connectivity index (χ3v) is 3.64. The van der Waals surface area contributed by atoms with Crippen molar-refractivity contribution in [2.45, 2.75) is 32.7 Å². The molecule has 0 spiro atoms. The molecule has 0 aliphatic carbocycles. The molecule has 2 rings (SSSR count). The van der Waals surface area contributed by atoms with Crippen molar-refractivity contribution in [3.8, 4) is 0 Å². The van der Waals surface area contributed by atoms with E-state index in [1.54, 1.807) is 0 Å². The summed E-state index contributed by atoms with van der Waals surface area (Å²) in [5.41, 5.74) is 3.27. The molecule has 0 fully saturated rings. The van der Waals surface area contributed by atoms with Crippen molar-refractivity contribution < 1.29 is 0 Å². The predicted molar refractivity (Wildman–Crippen MR) is 83.5 cm³/mol. The Kier molecular flexibility index (Phi) is 5.05. The molecule has 2 aromatic heterocycles. The number of aromatic nitrogens is 4. The van der Waals surface area contributed by atoms with Crippen LogP contribution in [0.2, 0.25) is 0 Å². The second-order valence-corrected chi connectivity index (χ2v) is 5.79. The van der Waals surface area contributed by atoms with Crippen LogP contribution < -0.4 is 0 Å². The molecule has 20 heavy (non-hydrogen) atoms. The molecule has 0 atom stereocenters. The summed E-state index contributed by atoms with van der Waals surface area (Å²) in [6.07, 6.45) is 2.86. The van der Waals surface area contributed by atoms with E-state index in [9.17, 15) is 0 Å². The number of aryl methyl sites for hydroxylation is 3. The molecule has 0 unspecified atom stereocenters. The van der Waals surface area contributed by atoms with Gasteiger partial charge in [-0.1, -0.05) is 13.3 Å². The summed E-state index contributed by atoms with van der Waals surface area (Å²) in [5.74, 6) is 1.67. The first-order valence-corrected chi connectivity index (χ1v) is 7.73. The molecular formula is C14H24ClN5. The van der Waals surface area contributed by atoms with Gasteiger partial charge >= 0.3 is 0 Å². The predicted octanol–water partition coefficient (Wildman–Crippen LogP) is 2.07. The molecule has 0 saturated carbocycles. The highest BCUT2D eigenvalue weighted by molar-refractivity contribution is 6.17. The average Bonchev–Trinajstić information content (AvgIpc) is 2.88. The minimum absolute atomic E-state index is 0.599. The molecule has 0 radical (unpaired) electrons. The SMILES string of the molecule is CCCc1nn(C)c2c1nc(CCCl)n2CCN(C)C. The second-order valence-electron chi connectivity index (χ2n) is 5.41. The van der Waals surface area contributed by atoms with E-state index in [1.165, 1.54) is 0 Å². The lowest BCUT2D eigenvalue weighted by Gasteiger charge is -2.13. The average molecular weight is 298 g/mol. The first-order valence-electron chi connectivity index (χ1n) is 7.20. The van der Waals surface area contributed by atoms with Crippen molar-refractivity contribution in [3.63, 3.8) is 0 Å². The monoisotopic (exact) mass is 297 g/mol. The molecule has 0 aromatic carbocycles. The van der Waals surface area contributed by atoms with Crippen LogP contribution in [-0.2, 0) is 26.4 Å². The lowest BCUT2D eigenvalue weighted by atomic mass is 10.2.